The summed E-state index contributed by atoms with van der Waals surface area (Å²) in [6.45, 7) is 0.0213. The van der Waals surface area contributed by atoms with Crippen molar-refractivity contribution < 1.29 is 18.3 Å². The van der Waals surface area contributed by atoms with Crippen LogP contribution in [0.1, 0.15) is 5.89 Å². The SMILES string of the molecule is COc1ccccc1-c1nnc(COc2ccc(F)cc2Cl)o1. The number of nitrogens with zero attached hydrogens (tertiary/aromatic N) is 2. The molecule has 0 aliphatic rings. The fraction of sp³-hybridized carbons (Fsp3) is 0.125. The molecule has 5 nitrogen and oxygen atoms in total. The number of rotatable bonds is 5. The van der Waals surface area contributed by atoms with Gasteiger partial charge in [0.25, 0.3) is 11.8 Å². The fourth-order valence-corrected chi connectivity index (χ4v) is 2.20. The Hall–Kier alpha value is -2.60. The predicted octanol–water partition coefficient (Wildman–Crippen LogP) is 4.12. The molecule has 0 bridgehead atoms. The molecule has 0 saturated carbocycles. The first-order valence-electron chi connectivity index (χ1n) is 6.71. The highest BCUT2D eigenvalue weighted by atomic mass is 35.5. The number of methoxy groups -OCH3 is 1. The third kappa shape index (κ3) is 3.43. The highest BCUT2D eigenvalue weighted by molar-refractivity contribution is 6.32. The van der Waals surface area contributed by atoms with Crippen LogP contribution < -0.4 is 9.47 Å². The van der Waals surface area contributed by atoms with Gasteiger partial charge in [0.1, 0.15) is 17.3 Å². The minimum absolute atomic E-state index is 0.0213. The lowest BCUT2D eigenvalue weighted by Crippen LogP contribution is -1.96. The Bertz CT molecular complexity index is 823. The van der Waals surface area contributed by atoms with Gasteiger partial charge in [0.2, 0.25) is 0 Å². The van der Waals surface area contributed by atoms with Gasteiger partial charge in [-0.2, -0.15) is 0 Å². The first-order chi connectivity index (χ1) is 11.2. The lowest BCUT2D eigenvalue weighted by molar-refractivity contribution is 0.264. The van der Waals surface area contributed by atoms with E-state index < -0.39 is 5.82 Å². The lowest BCUT2D eigenvalue weighted by atomic mass is 10.2. The highest BCUT2D eigenvalue weighted by Crippen LogP contribution is 2.29. The monoisotopic (exact) mass is 334 g/mol. The molecule has 0 radical (unpaired) electrons. The van der Waals surface area contributed by atoms with Crippen molar-refractivity contribution >= 4 is 11.6 Å². The average molecular weight is 335 g/mol. The van der Waals surface area contributed by atoms with Gasteiger partial charge < -0.3 is 13.9 Å². The molecule has 0 N–H and O–H groups in total. The van der Waals surface area contributed by atoms with E-state index in [1.54, 1.807) is 13.2 Å². The molecule has 0 atom stereocenters. The first kappa shape index (κ1) is 15.3. The van der Waals surface area contributed by atoms with Gasteiger partial charge in [0, 0.05) is 0 Å². The minimum atomic E-state index is -0.432. The van der Waals surface area contributed by atoms with Gasteiger partial charge in [-0.3, -0.25) is 0 Å². The van der Waals surface area contributed by atoms with E-state index in [9.17, 15) is 4.39 Å². The van der Waals surface area contributed by atoms with Crippen molar-refractivity contribution in [1.29, 1.82) is 0 Å². The van der Waals surface area contributed by atoms with Gasteiger partial charge >= 0.3 is 0 Å². The van der Waals surface area contributed by atoms with Crippen molar-refractivity contribution in [1.82, 2.24) is 10.2 Å². The summed E-state index contributed by atoms with van der Waals surface area (Å²) in [6, 6.07) is 11.2. The van der Waals surface area contributed by atoms with E-state index >= 15 is 0 Å². The summed E-state index contributed by atoms with van der Waals surface area (Å²) < 4.78 is 29.2. The third-order valence-corrected chi connectivity index (χ3v) is 3.34. The minimum Gasteiger partial charge on any atom is -0.496 e. The van der Waals surface area contributed by atoms with Crippen LogP contribution in [-0.2, 0) is 6.61 Å². The Morgan fingerprint density at radius 1 is 1.13 bits per heavy atom. The van der Waals surface area contributed by atoms with Gasteiger partial charge in [0.15, 0.2) is 6.61 Å². The lowest BCUT2D eigenvalue weighted by Gasteiger charge is -2.05. The molecule has 2 aromatic carbocycles. The van der Waals surface area contributed by atoms with E-state index in [1.807, 2.05) is 18.2 Å². The Kier molecular flexibility index (Phi) is 4.43. The molecular weight excluding hydrogens is 323 g/mol. The van der Waals surface area contributed by atoms with Crippen LogP contribution in [0.3, 0.4) is 0 Å². The number of benzene rings is 2. The van der Waals surface area contributed by atoms with Gasteiger partial charge in [-0.25, -0.2) is 4.39 Å². The van der Waals surface area contributed by atoms with Gasteiger partial charge in [-0.1, -0.05) is 23.7 Å². The molecule has 0 saturated heterocycles. The number of halogens is 2. The van der Waals surface area contributed by atoms with E-state index in [2.05, 4.69) is 10.2 Å². The summed E-state index contributed by atoms with van der Waals surface area (Å²) in [5.41, 5.74) is 0.688. The zero-order valence-electron chi connectivity index (χ0n) is 12.1. The van der Waals surface area contributed by atoms with E-state index in [0.29, 0.717) is 23.0 Å². The van der Waals surface area contributed by atoms with Crippen LogP contribution in [0.2, 0.25) is 5.02 Å². The maximum absolute atomic E-state index is 13.0. The molecule has 0 aliphatic carbocycles. The van der Waals surface area contributed by atoms with Crippen molar-refractivity contribution in [2.24, 2.45) is 0 Å². The fourth-order valence-electron chi connectivity index (χ4n) is 1.97. The maximum Gasteiger partial charge on any atom is 0.254 e. The van der Waals surface area contributed by atoms with Crippen LogP contribution >= 0.6 is 11.6 Å². The largest absolute Gasteiger partial charge is 0.496 e. The molecule has 118 valence electrons. The molecule has 0 spiro atoms. The number of ether oxygens (including phenoxy) is 2. The Morgan fingerprint density at radius 2 is 1.96 bits per heavy atom. The van der Waals surface area contributed by atoms with E-state index in [-0.39, 0.29) is 17.5 Å². The number of hydrogen-bond donors (Lipinski definition) is 0. The van der Waals surface area contributed by atoms with Crippen LogP contribution in [0.5, 0.6) is 11.5 Å². The van der Waals surface area contributed by atoms with Crippen molar-refractivity contribution in [2.75, 3.05) is 7.11 Å². The van der Waals surface area contributed by atoms with Gasteiger partial charge in [0.05, 0.1) is 17.7 Å². The second-order valence-corrected chi connectivity index (χ2v) is 4.97. The zero-order valence-corrected chi connectivity index (χ0v) is 12.9. The van der Waals surface area contributed by atoms with Crippen molar-refractivity contribution in [3.63, 3.8) is 0 Å². The number of aromatic nitrogens is 2. The molecule has 0 aliphatic heterocycles. The van der Waals surface area contributed by atoms with Crippen LogP contribution in [-0.4, -0.2) is 17.3 Å². The molecule has 3 rings (SSSR count). The molecule has 0 fully saturated rings. The summed E-state index contributed by atoms with van der Waals surface area (Å²) in [7, 11) is 1.57. The maximum atomic E-state index is 13.0. The molecule has 7 heteroatoms. The molecule has 0 unspecified atom stereocenters. The standard InChI is InChI=1S/C16H12ClFN2O3/c1-21-13-5-3-2-4-11(13)16-20-19-15(23-16)9-22-14-7-6-10(18)8-12(14)17/h2-8H,9H2,1H3. The van der Waals surface area contributed by atoms with Gasteiger partial charge in [-0.05, 0) is 30.3 Å². The Balaban J connectivity index is 1.75. The molecule has 1 heterocycles. The Labute approximate surface area is 136 Å². The average Bonchev–Trinajstić information content (AvgIpc) is 3.03. The summed E-state index contributed by atoms with van der Waals surface area (Å²) in [5.74, 6) is 1.13. The second kappa shape index (κ2) is 6.66. The van der Waals surface area contributed by atoms with Crippen molar-refractivity contribution in [3.8, 4) is 23.0 Å². The topological polar surface area (TPSA) is 57.4 Å². The summed E-state index contributed by atoms with van der Waals surface area (Å²) >= 11 is 5.89. The van der Waals surface area contributed by atoms with Crippen molar-refractivity contribution in [3.05, 3.63) is 59.2 Å². The van der Waals surface area contributed by atoms with Crippen LogP contribution in [0.4, 0.5) is 4.39 Å². The van der Waals surface area contributed by atoms with Crippen LogP contribution in [0.15, 0.2) is 46.9 Å². The molecule has 23 heavy (non-hydrogen) atoms. The van der Waals surface area contributed by atoms with Gasteiger partial charge in [-0.15, -0.1) is 10.2 Å². The molecular formula is C16H12ClFN2O3. The van der Waals surface area contributed by atoms with Crippen molar-refractivity contribution in [2.45, 2.75) is 6.61 Å². The smallest absolute Gasteiger partial charge is 0.254 e. The van der Waals surface area contributed by atoms with E-state index in [4.69, 9.17) is 25.5 Å². The van der Waals surface area contributed by atoms with E-state index in [0.717, 1.165) is 0 Å². The predicted molar refractivity (Wildman–Crippen MR) is 82.0 cm³/mol. The second-order valence-electron chi connectivity index (χ2n) is 4.56. The zero-order chi connectivity index (χ0) is 16.2. The first-order valence-corrected chi connectivity index (χ1v) is 7.09. The highest BCUT2D eigenvalue weighted by Gasteiger charge is 2.13. The number of hydrogen-bond acceptors (Lipinski definition) is 5. The quantitative estimate of drug-likeness (QED) is 0.702. The molecule has 0 amide bonds. The summed E-state index contributed by atoms with van der Waals surface area (Å²) in [6.07, 6.45) is 0. The summed E-state index contributed by atoms with van der Waals surface area (Å²) in [4.78, 5) is 0. The number of para-hydroxylation sites is 1. The van der Waals surface area contributed by atoms with Crippen LogP contribution in [0, 0.1) is 5.82 Å². The summed E-state index contributed by atoms with van der Waals surface area (Å²) in [5, 5.41) is 8.07. The molecule has 1 aromatic heterocycles. The van der Waals surface area contributed by atoms with E-state index in [1.165, 1.54) is 18.2 Å². The third-order valence-electron chi connectivity index (χ3n) is 3.05. The Morgan fingerprint density at radius 3 is 2.74 bits per heavy atom. The normalized spacial score (nSPS) is 10.6. The molecule has 3 aromatic rings. The van der Waals surface area contributed by atoms with Crippen LogP contribution in [0.25, 0.3) is 11.5 Å².